The largest absolute Gasteiger partial charge is 0.375 e. The van der Waals surface area contributed by atoms with Crippen LogP contribution < -0.4 is 0 Å². The van der Waals surface area contributed by atoms with Crippen LogP contribution in [0.15, 0.2) is 11.6 Å². The second kappa shape index (κ2) is 6.41. The number of rotatable bonds is 4. The molecule has 1 fully saturated rings. The average Bonchev–Trinajstić information content (AvgIpc) is 2.23. The van der Waals surface area contributed by atoms with E-state index in [0.29, 0.717) is 18.2 Å². The Morgan fingerprint density at radius 2 is 1.88 bits per heavy atom. The molecule has 0 bridgehead atoms. The van der Waals surface area contributed by atoms with Crippen molar-refractivity contribution < 1.29 is 4.74 Å². The zero-order valence-electron chi connectivity index (χ0n) is 11.5. The van der Waals surface area contributed by atoms with Gasteiger partial charge in [-0.25, -0.2) is 0 Å². The predicted molar refractivity (Wildman–Crippen MR) is 69.7 cm³/mol. The first-order chi connectivity index (χ1) is 7.52. The highest BCUT2D eigenvalue weighted by Crippen LogP contribution is 2.23. The monoisotopic (exact) mass is 225 g/mol. The van der Waals surface area contributed by atoms with Crippen molar-refractivity contribution in [1.82, 2.24) is 4.90 Å². The predicted octanol–water partition coefficient (Wildman–Crippen LogP) is 3.23. The van der Waals surface area contributed by atoms with Crippen molar-refractivity contribution in [3.63, 3.8) is 0 Å². The zero-order valence-corrected chi connectivity index (χ0v) is 11.5. The molecule has 2 nitrogen and oxygen atoms in total. The van der Waals surface area contributed by atoms with Crippen LogP contribution in [0.2, 0.25) is 0 Å². The molecule has 94 valence electrons. The molecule has 16 heavy (non-hydrogen) atoms. The van der Waals surface area contributed by atoms with Gasteiger partial charge in [0.25, 0.3) is 0 Å². The van der Waals surface area contributed by atoms with Gasteiger partial charge in [-0.1, -0.05) is 11.6 Å². The second-order valence-electron chi connectivity index (χ2n) is 5.25. The fourth-order valence-corrected chi connectivity index (χ4v) is 2.41. The highest BCUT2D eigenvalue weighted by molar-refractivity contribution is 4.96. The van der Waals surface area contributed by atoms with Crippen LogP contribution in [0, 0.1) is 0 Å². The molecule has 2 heteroatoms. The molecule has 1 rings (SSSR count). The minimum Gasteiger partial charge on any atom is -0.375 e. The summed E-state index contributed by atoms with van der Waals surface area (Å²) >= 11 is 0. The molecule has 1 saturated heterocycles. The number of allylic oxidation sites excluding steroid dienone is 1. The van der Waals surface area contributed by atoms with E-state index >= 15 is 0 Å². The van der Waals surface area contributed by atoms with Crippen molar-refractivity contribution in [2.24, 2.45) is 0 Å². The molecule has 0 aromatic carbocycles. The topological polar surface area (TPSA) is 12.5 Å². The van der Waals surface area contributed by atoms with Crippen molar-refractivity contribution in [2.45, 2.75) is 65.2 Å². The van der Waals surface area contributed by atoms with E-state index in [1.807, 2.05) is 0 Å². The van der Waals surface area contributed by atoms with Gasteiger partial charge in [0.15, 0.2) is 0 Å². The molecule has 1 heterocycles. The fourth-order valence-electron chi connectivity index (χ4n) is 2.41. The van der Waals surface area contributed by atoms with E-state index in [1.54, 1.807) is 0 Å². The Morgan fingerprint density at radius 1 is 1.31 bits per heavy atom. The molecule has 0 aromatic heterocycles. The number of nitrogens with zero attached hydrogens (tertiary/aromatic N) is 1. The van der Waals surface area contributed by atoms with Crippen LogP contribution in [-0.2, 0) is 4.74 Å². The molecule has 0 spiro atoms. The van der Waals surface area contributed by atoms with Gasteiger partial charge < -0.3 is 9.64 Å². The fraction of sp³-hybridized carbons (Fsp3) is 0.857. The summed E-state index contributed by atoms with van der Waals surface area (Å²) < 4.78 is 5.78. The summed E-state index contributed by atoms with van der Waals surface area (Å²) in [6, 6.07) is 0.698. The Balaban J connectivity index is 2.38. The van der Waals surface area contributed by atoms with Crippen LogP contribution in [0.3, 0.4) is 0 Å². The summed E-state index contributed by atoms with van der Waals surface area (Å²) in [6.07, 6.45) is 6.58. The van der Waals surface area contributed by atoms with Crippen LogP contribution in [0.1, 0.15) is 47.0 Å². The third kappa shape index (κ3) is 4.26. The van der Waals surface area contributed by atoms with E-state index < -0.39 is 0 Å². The third-order valence-corrected chi connectivity index (χ3v) is 3.65. The smallest absolute Gasteiger partial charge is 0.0565 e. The molecule has 0 saturated carbocycles. The van der Waals surface area contributed by atoms with Crippen LogP contribution >= 0.6 is 0 Å². The highest BCUT2D eigenvalue weighted by Gasteiger charge is 2.26. The number of hydrogen-bond donors (Lipinski definition) is 0. The van der Waals surface area contributed by atoms with E-state index in [2.05, 4.69) is 45.7 Å². The van der Waals surface area contributed by atoms with Gasteiger partial charge in [-0.05, 0) is 54.0 Å². The van der Waals surface area contributed by atoms with Crippen molar-refractivity contribution in [3.8, 4) is 0 Å². The van der Waals surface area contributed by atoms with Gasteiger partial charge in [0.2, 0.25) is 0 Å². The van der Waals surface area contributed by atoms with Gasteiger partial charge in [-0.3, -0.25) is 0 Å². The van der Waals surface area contributed by atoms with Gasteiger partial charge in [0.05, 0.1) is 12.2 Å². The summed E-state index contributed by atoms with van der Waals surface area (Å²) in [5.74, 6) is 0. The van der Waals surface area contributed by atoms with Gasteiger partial charge in [-0.15, -0.1) is 0 Å². The first kappa shape index (κ1) is 13.7. The molecule has 2 unspecified atom stereocenters. The van der Waals surface area contributed by atoms with Crippen LogP contribution in [0.25, 0.3) is 0 Å². The first-order valence-electron chi connectivity index (χ1n) is 6.50. The van der Waals surface area contributed by atoms with Crippen molar-refractivity contribution >= 4 is 0 Å². The van der Waals surface area contributed by atoms with Gasteiger partial charge in [0, 0.05) is 12.6 Å². The third-order valence-electron chi connectivity index (χ3n) is 3.65. The van der Waals surface area contributed by atoms with Crippen LogP contribution in [0.5, 0.6) is 0 Å². The molecule has 0 radical (unpaired) electrons. The van der Waals surface area contributed by atoms with Crippen molar-refractivity contribution in [2.75, 3.05) is 13.6 Å². The van der Waals surface area contributed by atoms with E-state index in [0.717, 1.165) is 0 Å². The maximum atomic E-state index is 5.78. The molecular formula is C14H27NO. The maximum absolute atomic E-state index is 5.78. The highest BCUT2D eigenvalue weighted by atomic mass is 16.5. The number of hydrogen-bond acceptors (Lipinski definition) is 2. The van der Waals surface area contributed by atoms with E-state index in [4.69, 9.17) is 4.74 Å². The summed E-state index contributed by atoms with van der Waals surface area (Å²) in [5.41, 5.74) is 1.49. The Hall–Kier alpha value is -0.340. The summed E-state index contributed by atoms with van der Waals surface area (Å²) in [6.45, 7) is 9.87. The zero-order chi connectivity index (χ0) is 12.1. The minimum atomic E-state index is 0.416. The average molecular weight is 225 g/mol. The quantitative estimate of drug-likeness (QED) is 0.681. The van der Waals surface area contributed by atoms with Crippen LogP contribution in [0.4, 0.5) is 0 Å². The molecule has 0 aromatic rings. The maximum Gasteiger partial charge on any atom is 0.0565 e. The Morgan fingerprint density at radius 3 is 2.38 bits per heavy atom. The second-order valence-corrected chi connectivity index (χ2v) is 5.25. The van der Waals surface area contributed by atoms with E-state index in [-0.39, 0.29) is 0 Å². The Bertz CT molecular complexity index is 227. The van der Waals surface area contributed by atoms with E-state index in [1.165, 1.54) is 31.4 Å². The normalized spacial score (nSPS) is 32.1. The minimum absolute atomic E-state index is 0.416. The molecule has 1 aliphatic rings. The molecule has 0 N–H and O–H groups in total. The molecule has 1 aliphatic heterocycles. The van der Waals surface area contributed by atoms with Crippen LogP contribution in [-0.4, -0.2) is 36.7 Å². The molecule has 2 atom stereocenters. The summed E-state index contributed by atoms with van der Waals surface area (Å²) in [4.78, 5) is 2.50. The number of ether oxygens (including phenoxy) is 1. The van der Waals surface area contributed by atoms with Crippen molar-refractivity contribution in [3.05, 3.63) is 11.6 Å². The molecule has 0 aliphatic carbocycles. The lowest BCUT2D eigenvalue weighted by Gasteiger charge is -2.37. The van der Waals surface area contributed by atoms with Gasteiger partial charge in [0.1, 0.15) is 0 Å². The summed E-state index contributed by atoms with van der Waals surface area (Å²) in [5, 5.41) is 0. The lowest BCUT2D eigenvalue weighted by atomic mass is 9.98. The SMILES string of the molecule is C/C=C(\C)CCN(C)C1CC(C)OC(C)C1. The first-order valence-corrected chi connectivity index (χ1v) is 6.50. The Labute approximate surface area is 101 Å². The van der Waals surface area contributed by atoms with E-state index in [9.17, 15) is 0 Å². The van der Waals surface area contributed by atoms with Gasteiger partial charge >= 0.3 is 0 Å². The lowest BCUT2D eigenvalue weighted by Crippen LogP contribution is -2.42. The standard InChI is InChI=1S/C14H27NO/c1-6-11(2)7-8-15(5)14-9-12(3)16-13(4)10-14/h6,12-14H,7-10H2,1-5H3/b11-6+. The lowest BCUT2D eigenvalue weighted by molar-refractivity contribution is -0.0610. The van der Waals surface area contributed by atoms with Gasteiger partial charge in [-0.2, -0.15) is 0 Å². The Kier molecular flexibility index (Phi) is 5.50. The van der Waals surface area contributed by atoms with Crippen molar-refractivity contribution in [1.29, 1.82) is 0 Å². The summed E-state index contributed by atoms with van der Waals surface area (Å²) in [7, 11) is 2.25. The molecule has 0 amide bonds. The molecular weight excluding hydrogens is 198 g/mol.